The minimum Gasteiger partial charge on any atom is -0.512 e. The number of esters is 1. The summed E-state index contributed by atoms with van der Waals surface area (Å²) in [6.07, 6.45) is 1.66. The second kappa shape index (κ2) is 5.28. The number of aliphatic hydroxyl groups is 1. The van der Waals surface area contributed by atoms with Gasteiger partial charge in [-0.05, 0) is 52.9 Å². The maximum atomic E-state index is 12.3. The molecular weight excluding hydrogens is 374 g/mol. The van der Waals surface area contributed by atoms with Crippen LogP contribution < -0.4 is 10.1 Å². The van der Waals surface area contributed by atoms with E-state index >= 15 is 0 Å². The van der Waals surface area contributed by atoms with Gasteiger partial charge in [-0.3, -0.25) is 0 Å². The molecule has 1 spiro atoms. The normalized spacial score (nSPS) is 24.8. The molecule has 0 aliphatic carbocycles. The lowest BCUT2D eigenvalue weighted by atomic mass is 9.87. The summed E-state index contributed by atoms with van der Waals surface area (Å²) in [6, 6.07) is 4.01. The Bertz CT molecular complexity index is 800. The average molecular weight is 394 g/mol. The van der Waals surface area contributed by atoms with Gasteiger partial charge >= 0.3 is 5.97 Å². The zero-order valence-corrected chi connectivity index (χ0v) is 15.9. The first-order chi connectivity index (χ1) is 11.0. The van der Waals surface area contributed by atoms with Gasteiger partial charge < -0.3 is 19.9 Å². The summed E-state index contributed by atoms with van der Waals surface area (Å²) in [5.74, 6) is 0.247. The molecule has 2 heterocycles. The molecular formula is C18H20BrNO4. The molecule has 0 aromatic heterocycles. The number of aliphatic hydroxyl groups excluding tert-OH is 1. The van der Waals surface area contributed by atoms with Gasteiger partial charge in [0.1, 0.15) is 17.1 Å². The molecule has 128 valence electrons. The van der Waals surface area contributed by atoms with E-state index in [0.29, 0.717) is 11.5 Å². The minimum atomic E-state index is -1.26. The number of halogens is 1. The summed E-state index contributed by atoms with van der Waals surface area (Å²) >= 11 is 3.55. The first kappa shape index (κ1) is 16.9. The van der Waals surface area contributed by atoms with E-state index in [-0.39, 0.29) is 16.7 Å². The maximum absolute atomic E-state index is 12.3. The molecule has 24 heavy (non-hydrogen) atoms. The molecule has 0 unspecified atom stereocenters. The van der Waals surface area contributed by atoms with E-state index in [4.69, 9.17) is 9.47 Å². The van der Waals surface area contributed by atoms with Crippen LogP contribution in [0.5, 0.6) is 5.75 Å². The van der Waals surface area contributed by atoms with Crippen LogP contribution in [0.4, 0.5) is 5.69 Å². The Morgan fingerprint density at radius 2 is 2.00 bits per heavy atom. The number of rotatable bonds is 0. The number of hydrogen-bond donors (Lipinski definition) is 2. The van der Waals surface area contributed by atoms with Crippen molar-refractivity contribution in [3.63, 3.8) is 0 Å². The number of allylic oxidation sites excluding steroid dienone is 2. The number of carbonyl (C=O) groups excluding carboxylic acids is 1. The number of cyclic esters (lactones) is 1. The standard InChI is InChI=1S/C18H20BrNO4/c1-9-8-18(14(10(2)21)16(22)23-9)20-13-7-11(17(3,4)5)6-12(19)15(13)24-18/h6-8,20-21H,1-5H3/t18-/m0/s1. The van der Waals surface area contributed by atoms with Crippen LogP contribution in [-0.2, 0) is 14.9 Å². The van der Waals surface area contributed by atoms with Gasteiger partial charge in [0, 0.05) is 6.08 Å². The van der Waals surface area contributed by atoms with Gasteiger partial charge in [-0.25, -0.2) is 4.79 Å². The zero-order valence-electron chi connectivity index (χ0n) is 14.3. The Labute approximate surface area is 149 Å². The second-order valence-electron chi connectivity index (χ2n) is 7.15. The summed E-state index contributed by atoms with van der Waals surface area (Å²) in [6.45, 7) is 9.48. The average Bonchev–Trinajstić information content (AvgIpc) is 2.74. The number of anilines is 1. The van der Waals surface area contributed by atoms with Crippen molar-refractivity contribution in [3.8, 4) is 5.75 Å². The van der Waals surface area contributed by atoms with Gasteiger partial charge in [0.05, 0.1) is 10.2 Å². The van der Waals surface area contributed by atoms with Crippen molar-refractivity contribution in [2.24, 2.45) is 0 Å². The van der Waals surface area contributed by atoms with Crippen molar-refractivity contribution < 1.29 is 19.4 Å². The highest BCUT2D eigenvalue weighted by atomic mass is 79.9. The quantitative estimate of drug-likeness (QED) is 0.384. The van der Waals surface area contributed by atoms with E-state index in [9.17, 15) is 9.90 Å². The number of nitrogens with one attached hydrogen (secondary N) is 1. The largest absolute Gasteiger partial charge is 0.512 e. The molecule has 2 N–H and O–H groups in total. The van der Waals surface area contributed by atoms with Crippen molar-refractivity contribution in [1.29, 1.82) is 0 Å². The summed E-state index contributed by atoms with van der Waals surface area (Å²) in [7, 11) is 0. The van der Waals surface area contributed by atoms with Gasteiger partial charge in [-0.2, -0.15) is 0 Å². The van der Waals surface area contributed by atoms with Crippen LogP contribution in [0.25, 0.3) is 0 Å². The molecule has 0 radical (unpaired) electrons. The fraction of sp³-hybridized carbons (Fsp3) is 0.389. The minimum absolute atomic E-state index is 0.0439. The summed E-state index contributed by atoms with van der Waals surface area (Å²) in [5, 5.41) is 13.3. The SMILES string of the molecule is CC1=C[C@@]2(Nc3cc(C(C)(C)C)cc(Br)c3O2)C(=C(C)O)C(=O)O1. The molecule has 0 bridgehead atoms. The van der Waals surface area contributed by atoms with Crippen molar-refractivity contribution in [2.45, 2.75) is 45.8 Å². The van der Waals surface area contributed by atoms with E-state index in [0.717, 1.165) is 15.7 Å². The highest BCUT2D eigenvalue weighted by Gasteiger charge is 2.50. The van der Waals surface area contributed by atoms with Crippen molar-refractivity contribution in [3.05, 3.63) is 45.3 Å². The predicted molar refractivity (Wildman–Crippen MR) is 95.0 cm³/mol. The fourth-order valence-electron chi connectivity index (χ4n) is 2.94. The smallest absolute Gasteiger partial charge is 0.349 e. The van der Waals surface area contributed by atoms with Gasteiger partial charge in [-0.15, -0.1) is 0 Å². The number of ether oxygens (including phenoxy) is 2. The number of hydrogen-bond acceptors (Lipinski definition) is 5. The van der Waals surface area contributed by atoms with Crippen LogP contribution in [0.1, 0.15) is 40.2 Å². The number of carbonyl (C=O) groups is 1. The molecule has 2 aliphatic heterocycles. The van der Waals surface area contributed by atoms with E-state index in [1.165, 1.54) is 6.92 Å². The van der Waals surface area contributed by atoms with Crippen LogP contribution in [-0.4, -0.2) is 16.8 Å². The monoisotopic (exact) mass is 393 g/mol. The third kappa shape index (κ3) is 2.59. The summed E-state index contributed by atoms with van der Waals surface area (Å²) in [4.78, 5) is 12.3. The van der Waals surface area contributed by atoms with Crippen molar-refractivity contribution >= 4 is 27.6 Å². The first-order valence-electron chi connectivity index (χ1n) is 7.67. The summed E-state index contributed by atoms with van der Waals surface area (Å²) < 4.78 is 12.0. The molecule has 1 aromatic rings. The fourth-order valence-corrected chi connectivity index (χ4v) is 3.48. The Kier molecular flexibility index (Phi) is 3.71. The molecule has 1 atom stereocenters. The highest BCUT2D eigenvalue weighted by molar-refractivity contribution is 9.10. The Morgan fingerprint density at radius 3 is 2.58 bits per heavy atom. The third-order valence-electron chi connectivity index (χ3n) is 4.09. The number of benzene rings is 1. The Morgan fingerprint density at radius 1 is 1.33 bits per heavy atom. The van der Waals surface area contributed by atoms with E-state index in [1.807, 2.05) is 12.1 Å². The second-order valence-corrected chi connectivity index (χ2v) is 8.01. The maximum Gasteiger partial charge on any atom is 0.349 e. The third-order valence-corrected chi connectivity index (χ3v) is 4.68. The molecule has 6 heteroatoms. The zero-order chi connectivity index (χ0) is 17.9. The van der Waals surface area contributed by atoms with E-state index in [1.54, 1.807) is 13.0 Å². The molecule has 1 aromatic carbocycles. The number of fused-ring (bicyclic) bond motifs is 1. The first-order valence-corrected chi connectivity index (χ1v) is 8.46. The van der Waals surface area contributed by atoms with Crippen molar-refractivity contribution in [1.82, 2.24) is 0 Å². The topological polar surface area (TPSA) is 67.8 Å². The lowest BCUT2D eigenvalue weighted by Crippen LogP contribution is -2.47. The van der Waals surface area contributed by atoms with Gasteiger partial charge in [0.2, 0.25) is 5.72 Å². The van der Waals surface area contributed by atoms with Crippen LogP contribution in [0, 0.1) is 0 Å². The highest BCUT2D eigenvalue weighted by Crippen LogP contribution is 2.49. The molecule has 0 saturated carbocycles. The molecule has 0 amide bonds. The molecule has 3 rings (SSSR count). The van der Waals surface area contributed by atoms with E-state index < -0.39 is 11.7 Å². The van der Waals surface area contributed by atoms with Crippen LogP contribution >= 0.6 is 15.9 Å². The summed E-state index contributed by atoms with van der Waals surface area (Å²) in [5.41, 5.74) is 0.615. The molecule has 2 aliphatic rings. The van der Waals surface area contributed by atoms with Crippen molar-refractivity contribution in [2.75, 3.05) is 5.32 Å². The van der Waals surface area contributed by atoms with E-state index in [2.05, 4.69) is 42.0 Å². The Balaban J connectivity index is 2.16. The van der Waals surface area contributed by atoms with Gasteiger partial charge in [0.15, 0.2) is 5.75 Å². The lowest BCUT2D eigenvalue weighted by molar-refractivity contribution is -0.138. The van der Waals surface area contributed by atoms with Crippen LogP contribution in [0.15, 0.2) is 39.8 Å². The molecule has 0 fully saturated rings. The Hall–Kier alpha value is -1.95. The van der Waals surface area contributed by atoms with Crippen LogP contribution in [0.3, 0.4) is 0 Å². The van der Waals surface area contributed by atoms with Crippen LogP contribution in [0.2, 0.25) is 0 Å². The van der Waals surface area contributed by atoms with Gasteiger partial charge in [-0.1, -0.05) is 20.8 Å². The lowest BCUT2D eigenvalue weighted by Gasteiger charge is -2.31. The predicted octanol–water partition coefficient (Wildman–Crippen LogP) is 4.54. The molecule has 0 saturated heterocycles. The molecule has 5 nitrogen and oxygen atoms in total. The van der Waals surface area contributed by atoms with Gasteiger partial charge in [0.25, 0.3) is 0 Å².